The quantitative estimate of drug-likeness (QED) is 0.726. The lowest BCUT2D eigenvalue weighted by molar-refractivity contribution is -0.116. The van der Waals surface area contributed by atoms with Gasteiger partial charge in [0.05, 0.1) is 0 Å². The summed E-state index contributed by atoms with van der Waals surface area (Å²) in [7, 11) is 0. The SMILES string of the molecule is C=CC(=O)NCC1(SC)CCCCC1. The van der Waals surface area contributed by atoms with Gasteiger partial charge in [0.2, 0.25) is 5.91 Å². The molecular formula is C11H19NOS. The van der Waals surface area contributed by atoms with Crippen LogP contribution >= 0.6 is 11.8 Å². The third-order valence-corrected chi connectivity index (χ3v) is 4.39. The lowest BCUT2D eigenvalue weighted by Gasteiger charge is -2.35. The maximum atomic E-state index is 11.1. The van der Waals surface area contributed by atoms with E-state index in [2.05, 4.69) is 18.2 Å². The van der Waals surface area contributed by atoms with E-state index < -0.39 is 0 Å². The molecule has 1 fully saturated rings. The van der Waals surface area contributed by atoms with Gasteiger partial charge in [-0.2, -0.15) is 11.8 Å². The standard InChI is InChI=1S/C11H19NOS/c1-3-10(13)12-9-11(14-2)7-5-4-6-8-11/h3H,1,4-9H2,2H3,(H,12,13). The molecule has 3 heteroatoms. The highest BCUT2D eigenvalue weighted by molar-refractivity contribution is 8.00. The summed E-state index contributed by atoms with van der Waals surface area (Å²) in [5.41, 5.74) is 0. The molecule has 1 aliphatic rings. The van der Waals surface area contributed by atoms with Gasteiger partial charge < -0.3 is 5.32 Å². The number of thioether (sulfide) groups is 1. The van der Waals surface area contributed by atoms with Crippen molar-refractivity contribution in [2.24, 2.45) is 0 Å². The molecule has 14 heavy (non-hydrogen) atoms. The van der Waals surface area contributed by atoms with E-state index in [0.717, 1.165) is 6.54 Å². The van der Waals surface area contributed by atoms with Crippen molar-refractivity contribution in [1.82, 2.24) is 5.32 Å². The van der Waals surface area contributed by atoms with Gasteiger partial charge in [0.15, 0.2) is 0 Å². The van der Waals surface area contributed by atoms with Crippen LogP contribution in [0.2, 0.25) is 0 Å². The van der Waals surface area contributed by atoms with Crippen LogP contribution in [0.5, 0.6) is 0 Å². The fraction of sp³-hybridized carbons (Fsp3) is 0.727. The molecule has 2 nitrogen and oxygen atoms in total. The van der Waals surface area contributed by atoms with Crippen LogP contribution in [0.3, 0.4) is 0 Å². The fourth-order valence-electron chi connectivity index (χ4n) is 1.97. The molecule has 0 spiro atoms. The summed E-state index contributed by atoms with van der Waals surface area (Å²) in [6.07, 6.45) is 9.88. The van der Waals surface area contributed by atoms with Gasteiger partial charge in [0, 0.05) is 11.3 Å². The fourth-order valence-corrected chi connectivity index (χ4v) is 2.88. The van der Waals surface area contributed by atoms with Gasteiger partial charge in [-0.25, -0.2) is 0 Å². The third-order valence-electron chi connectivity index (χ3n) is 2.97. The van der Waals surface area contributed by atoms with E-state index >= 15 is 0 Å². The number of amides is 1. The highest BCUT2D eigenvalue weighted by Gasteiger charge is 2.30. The summed E-state index contributed by atoms with van der Waals surface area (Å²) < 4.78 is 0.289. The Morgan fingerprint density at radius 3 is 2.64 bits per heavy atom. The monoisotopic (exact) mass is 213 g/mol. The van der Waals surface area contributed by atoms with Crippen LogP contribution in [0.4, 0.5) is 0 Å². The zero-order chi connectivity index (χ0) is 10.4. The van der Waals surface area contributed by atoms with Crippen LogP contribution in [-0.4, -0.2) is 23.5 Å². The largest absolute Gasteiger partial charge is 0.351 e. The van der Waals surface area contributed by atoms with E-state index in [9.17, 15) is 4.79 Å². The van der Waals surface area contributed by atoms with Crippen LogP contribution in [0, 0.1) is 0 Å². The molecule has 0 aromatic heterocycles. The van der Waals surface area contributed by atoms with Crippen molar-refractivity contribution in [3.63, 3.8) is 0 Å². The van der Waals surface area contributed by atoms with Crippen molar-refractivity contribution < 1.29 is 4.79 Å². The smallest absolute Gasteiger partial charge is 0.243 e. The second-order valence-electron chi connectivity index (χ2n) is 3.87. The molecule has 1 aliphatic carbocycles. The predicted molar refractivity (Wildman–Crippen MR) is 62.5 cm³/mol. The number of hydrogen-bond donors (Lipinski definition) is 1. The van der Waals surface area contributed by atoms with Crippen molar-refractivity contribution in [2.75, 3.05) is 12.8 Å². The average Bonchev–Trinajstić information content (AvgIpc) is 2.27. The van der Waals surface area contributed by atoms with Crippen LogP contribution in [0.15, 0.2) is 12.7 Å². The van der Waals surface area contributed by atoms with Gasteiger partial charge in [-0.05, 0) is 25.2 Å². The highest BCUT2D eigenvalue weighted by atomic mass is 32.2. The Morgan fingerprint density at radius 2 is 2.14 bits per heavy atom. The Kier molecular flexibility index (Phi) is 4.52. The number of carbonyl (C=O) groups excluding carboxylic acids is 1. The Balaban J connectivity index is 2.43. The van der Waals surface area contributed by atoms with E-state index in [1.807, 2.05) is 11.8 Å². The normalized spacial score (nSPS) is 20.1. The average molecular weight is 213 g/mol. The molecule has 0 aliphatic heterocycles. The van der Waals surface area contributed by atoms with Crippen molar-refractivity contribution >= 4 is 17.7 Å². The zero-order valence-electron chi connectivity index (χ0n) is 8.84. The Hall–Kier alpha value is -0.440. The molecule has 0 unspecified atom stereocenters. The van der Waals surface area contributed by atoms with Gasteiger partial charge in [-0.1, -0.05) is 25.8 Å². The first-order valence-electron chi connectivity index (χ1n) is 5.18. The Labute approximate surface area is 90.5 Å². The molecule has 0 aromatic rings. The second-order valence-corrected chi connectivity index (χ2v) is 5.14. The molecule has 0 saturated heterocycles. The first-order valence-corrected chi connectivity index (χ1v) is 6.40. The molecule has 0 aromatic carbocycles. The van der Waals surface area contributed by atoms with Crippen molar-refractivity contribution in [3.8, 4) is 0 Å². The van der Waals surface area contributed by atoms with E-state index in [1.165, 1.54) is 38.2 Å². The summed E-state index contributed by atoms with van der Waals surface area (Å²) >= 11 is 1.90. The molecule has 0 bridgehead atoms. The maximum absolute atomic E-state index is 11.1. The second kappa shape index (κ2) is 5.44. The number of hydrogen-bond acceptors (Lipinski definition) is 2. The van der Waals surface area contributed by atoms with Gasteiger partial charge in [-0.15, -0.1) is 0 Å². The first kappa shape index (κ1) is 11.6. The molecule has 0 atom stereocenters. The molecule has 80 valence electrons. The van der Waals surface area contributed by atoms with Crippen LogP contribution < -0.4 is 5.32 Å². The molecule has 1 saturated carbocycles. The van der Waals surface area contributed by atoms with E-state index in [1.54, 1.807) is 0 Å². The summed E-state index contributed by atoms with van der Waals surface area (Å²) in [4.78, 5) is 11.1. The number of nitrogens with one attached hydrogen (secondary N) is 1. The molecular weight excluding hydrogens is 194 g/mol. The zero-order valence-corrected chi connectivity index (χ0v) is 9.66. The molecule has 1 rings (SSSR count). The summed E-state index contributed by atoms with van der Waals surface area (Å²) in [6, 6.07) is 0. The predicted octanol–water partition coefficient (Wildman–Crippen LogP) is 2.35. The summed E-state index contributed by atoms with van der Waals surface area (Å²) in [5.74, 6) is -0.0519. The van der Waals surface area contributed by atoms with E-state index in [0.29, 0.717) is 0 Å². The first-order chi connectivity index (χ1) is 6.72. The van der Waals surface area contributed by atoms with Crippen LogP contribution in [0.25, 0.3) is 0 Å². The number of carbonyl (C=O) groups is 1. The minimum Gasteiger partial charge on any atom is -0.351 e. The number of rotatable bonds is 4. The van der Waals surface area contributed by atoms with Crippen LogP contribution in [-0.2, 0) is 4.79 Å². The van der Waals surface area contributed by atoms with Crippen molar-refractivity contribution in [2.45, 2.75) is 36.9 Å². The molecule has 0 heterocycles. The third kappa shape index (κ3) is 3.05. The Bertz CT molecular complexity index is 209. The Morgan fingerprint density at radius 1 is 1.50 bits per heavy atom. The van der Waals surface area contributed by atoms with Gasteiger partial charge in [0.25, 0.3) is 0 Å². The van der Waals surface area contributed by atoms with Crippen molar-refractivity contribution in [1.29, 1.82) is 0 Å². The topological polar surface area (TPSA) is 29.1 Å². The van der Waals surface area contributed by atoms with Gasteiger partial charge in [0.1, 0.15) is 0 Å². The van der Waals surface area contributed by atoms with E-state index in [-0.39, 0.29) is 10.7 Å². The molecule has 1 amide bonds. The summed E-state index contributed by atoms with van der Waals surface area (Å²) in [5, 5.41) is 2.92. The lowest BCUT2D eigenvalue weighted by atomic mass is 9.88. The maximum Gasteiger partial charge on any atom is 0.243 e. The lowest BCUT2D eigenvalue weighted by Crippen LogP contribution is -2.41. The van der Waals surface area contributed by atoms with Crippen LogP contribution in [0.1, 0.15) is 32.1 Å². The highest BCUT2D eigenvalue weighted by Crippen LogP contribution is 2.37. The van der Waals surface area contributed by atoms with Gasteiger partial charge in [-0.3, -0.25) is 4.79 Å². The summed E-state index contributed by atoms with van der Waals surface area (Å²) in [6.45, 7) is 4.24. The molecule has 0 radical (unpaired) electrons. The minimum absolute atomic E-state index is 0.0519. The molecule has 1 N–H and O–H groups in total. The minimum atomic E-state index is -0.0519. The van der Waals surface area contributed by atoms with E-state index in [4.69, 9.17) is 0 Å². The van der Waals surface area contributed by atoms with Gasteiger partial charge >= 0.3 is 0 Å². The van der Waals surface area contributed by atoms with Crippen molar-refractivity contribution in [3.05, 3.63) is 12.7 Å².